The van der Waals surface area contributed by atoms with Crippen LogP contribution in [-0.2, 0) is 0 Å². The number of hydrogen-bond acceptors (Lipinski definition) is 5. The van der Waals surface area contributed by atoms with E-state index in [2.05, 4.69) is 15.5 Å². The van der Waals surface area contributed by atoms with Gasteiger partial charge in [-0.1, -0.05) is 23.7 Å². The summed E-state index contributed by atoms with van der Waals surface area (Å²) >= 11 is 6.13. The van der Waals surface area contributed by atoms with Crippen molar-refractivity contribution in [3.63, 3.8) is 0 Å². The Balaban J connectivity index is 1.83. The maximum atomic E-state index is 6.13. The molecule has 0 saturated carbocycles. The minimum Gasteiger partial charge on any atom is -0.493 e. The Bertz CT molecular complexity index is 838. The van der Waals surface area contributed by atoms with Crippen molar-refractivity contribution in [2.24, 2.45) is 0 Å². The van der Waals surface area contributed by atoms with E-state index in [0.717, 1.165) is 16.9 Å². The molecule has 24 heavy (non-hydrogen) atoms. The third-order valence-electron chi connectivity index (χ3n) is 3.48. The second-order valence-electron chi connectivity index (χ2n) is 4.98. The molecule has 3 aromatic rings. The second kappa shape index (κ2) is 7.19. The first-order valence-corrected chi connectivity index (χ1v) is 7.66. The molecule has 0 bridgehead atoms. The van der Waals surface area contributed by atoms with Crippen LogP contribution in [0.2, 0.25) is 5.02 Å². The lowest BCUT2D eigenvalue weighted by Crippen LogP contribution is -1.97. The van der Waals surface area contributed by atoms with Crippen molar-refractivity contribution in [2.45, 2.75) is 0 Å². The average molecular weight is 342 g/mol. The predicted molar refractivity (Wildman–Crippen MR) is 95.3 cm³/mol. The molecule has 2 aromatic carbocycles. The molecule has 122 valence electrons. The maximum Gasteiger partial charge on any atom is 0.161 e. The Hall–Kier alpha value is -2.79. The standard InChI is InChI=1S/C18H16ClN3O2/c1-23-16-9-7-12(11-17(16)24-2)14-8-10-18(22-21-14)20-15-6-4-3-5-13(15)19/h3-11H,1-2H3,(H,20,22). The fourth-order valence-corrected chi connectivity index (χ4v) is 2.43. The van der Waals surface area contributed by atoms with E-state index in [0.29, 0.717) is 22.3 Å². The van der Waals surface area contributed by atoms with Crippen LogP contribution in [0.1, 0.15) is 0 Å². The van der Waals surface area contributed by atoms with Crippen molar-refractivity contribution in [1.29, 1.82) is 0 Å². The van der Waals surface area contributed by atoms with E-state index in [4.69, 9.17) is 21.1 Å². The first-order chi connectivity index (χ1) is 11.7. The normalized spacial score (nSPS) is 10.3. The molecule has 5 nitrogen and oxygen atoms in total. The minimum absolute atomic E-state index is 0.618. The first-order valence-electron chi connectivity index (χ1n) is 7.29. The molecule has 0 unspecified atom stereocenters. The Kier molecular flexibility index (Phi) is 4.82. The number of methoxy groups -OCH3 is 2. The summed E-state index contributed by atoms with van der Waals surface area (Å²) in [6.45, 7) is 0. The van der Waals surface area contributed by atoms with Crippen LogP contribution in [0.5, 0.6) is 11.5 Å². The van der Waals surface area contributed by atoms with Gasteiger partial charge < -0.3 is 14.8 Å². The molecule has 1 heterocycles. The number of hydrogen-bond donors (Lipinski definition) is 1. The van der Waals surface area contributed by atoms with Gasteiger partial charge in [-0.2, -0.15) is 0 Å². The van der Waals surface area contributed by atoms with Gasteiger partial charge in [0, 0.05) is 5.56 Å². The highest BCUT2D eigenvalue weighted by molar-refractivity contribution is 6.33. The molecule has 1 aromatic heterocycles. The zero-order valence-electron chi connectivity index (χ0n) is 13.3. The van der Waals surface area contributed by atoms with E-state index in [9.17, 15) is 0 Å². The number of para-hydroxylation sites is 1. The van der Waals surface area contributed by atoms with Gasteiger partial charge in [0.1, 0.15) is 0 Å². The molecule has 0 atom stereocenters. The molecule has 0 aliphatic carbocycles. The second-order valence-corrected chi connectivity index (χ2v) is 5.39. The molecule has 0 amide bonds. The van der Waals surface area contributed by atoms with Gasteiger partial charge in [-0.15, -0.1) is 10.2 Å². The van der Waals surface area contributed by atoms with Crippen LogP contribution in [0, 0.1) is 0 Å². The monoisotopic (exact) mass is 341 g/mol. The lowest BCUT2D eigenvalue weighted by atomic mass is 10.1. The number of aromatic nitrogens is 2. The average Bonchev–Trinajstić information content (AvgIpc) is 2.63. The highest BCUT2D eigenvalue weighted by Gasteiger charge is 2.08. The largest absolute Gasteiger partial charge is 0.493 e. The predicted octanol–water partition coefficient (Wildman–Crippen LogP) is 4.56. The summed E-state index contributed by atoms with van der Waals surface area (Å²) in [5.41, 5.74) is 2.41. The molecule has 0 fully saturated rings. The Morgan fingerprint density at radius 3 is 2.33 bits per heavy atom. The minimum atomic E-state index is 0.618. The SMILES string of the molecule is COc1ccc(-c2ccc(Nc3ccccc3Cl)nn2)cc1OC. The maximum absolute atomic E-state index is 6.13. The van der Waals surface area contributed by atoms with E-state index >= 15 is 0 Å². The Morgan fingerprint density at radius 2 is 1.67 bits per heavy atom. The molecule has 6 heteroatoms. The Morgan fingerprint density at radius 1 is 0.875 bits per heavy atom. The van der Waals surface area contributed by atoms with Crippen molar-refractivity contribution in [3.8, 4) is 22.8 Å². The third kappa shape index (κ3) is 3.41. The lowest BCUT2D eigenvalue weighted by molar-refractivity contribution is 0.355. The van der Waals surface area contributed by atoms with Gasteiger partial charge in [0.05, 0.1) is 30.6 Å². The van der Waals surface area contributed by atoms with Crippen molar-refractivity contribution in [3.05, 3.63) is 59.6 Å². The van der Waals surface area contributed by atoms with Crippen LogP contribution >= 0.6 is 11.6 Å². The molecule has 0 radical (unpaired) electrons. The van der Waals surface area contributed by atoms with Crippen molar-refractivity contribution >= 4 is 23.1 Å². The van der Waals surface area contributed by atoms with Gasteiger partial charge in [-0.05, 0) is 42.5 Å². The quantitative estimate of drug-likeness (QED) is 0.737. The number of anilines is 2. The van der Waals surface area contributed by atoms with E-state index in [-0.39, 0.29) is 0 Å². The van der Waals surface area contributed by atoms with Crippen LogP contribution < -0.4 is 14.8 Å². The summed E-state index contributed by atoms with van der Waals surface area (Å²) < 4.78 is 10.6. The van der Waals surface area contributed by atoms with E-state index in [1.165, 1.54) is 0 Å². The van der Waals surface area contributed by atoms with Crippen LogP contribution in [0.15, 0.2) is 54.6 Å². The zero-order valence-corrected chi connectivity index (χ0v) is 14.0. The summed E-state index contributed by atoms with van der Waals surface area (Å²) in [6.07, 6.45) is 0. The molecule has 0 aliphatic heterocycles. The molecular formula is C18H16ClN3O2. The van der Waals surface area contributed by atoms with Crippen molar-refractivity contribution in [2.75, 3.05) is 19.5 Å². The number of ether oxygens (including phenoxy) is 2. The number of nitrogens with one attached hydrogen (secondary N) is 1. The highest BCUT2D eigenvalue weighted by atomic mass is 35.5. The molecule has 0 saturated heterocycles. The number of nitrogens with zero attached hydrogens (tertiary/aromatic N) is 2. The highest BCUT2D eigenvalue weighted by Crippen LogP contribution is 2.31. The topological polar surface area (TPSA) is 56.3 Å². The molecule has 3 rings (SSSR count). The fourth-order valence-electron chi connectivity index (χ4n) is 2.25. The third-order valence-corrected chi connectivity index (χ3v) is 3.81. The first kappa shape index (κ1) is 16.1. The zero-order chi connectivity index (χ0) is 16.9. The van der Waals surface area contributed by atoms with Crippen LogP contribution in [-0.4, -0.2) is 24.4 Å². The summed E-state index contributed by atoms with van der Waals surface area (Å²) in [4.78, 5) is 0. The van der Waals surface area contributed by atoms with E-state index in [1.807, 2.05) is 54.6 Å². The van der Waals surface area contributed by atoms with Crippen LogP contribution in [0.25, 0.3) is 11.3 Å². The van der Waals surface area contributed by atoms with Gasteiger partial charge >= 0.3 is 0 Å². The summed E-state index contributed by atoms with van der Waals surface area (Å²) in [6, 6.07) is 16.8. The number of halogens is 1. The van der Waals surface area contributed by atoms with Crippen molar-refractivity contribution in [1.82, 2.24) is 10.2 Å². The van der Waals surface area contributed by atoms with Crippen LogP contribution in [0.3, 0.4) is 0 Å². The Labute approximate surface area is 145 Å². The van der Waals surface area contributed by atoms with Gasteiger partial charge in [-0.3, -0.25) is 0 Å². The van der Waals surface area contributed by atoms with Gasteiger partial charge in [0.15, 0.2) is 17.3 Å². The van der Waals surface area contributed by atoms with E-state index < -0.39 is 0 Å². The summed E-state index contributed by atoms with van der Waals surface area (Å²) in [5.74, 6) is 1.94. The summed E-state index contributed by atoms with van der Waals surface area (Å²) in [7, 11) is 3.20. The van der Waals surface area contributed by atoms with E-state index in [1.54, 1.807) is 14.2 Å². The molecule has 0 aliphatic rings. The molecular weight excluding hydrogens is 326 g/mol. The summed E-state index contributed by atoms with van der Waals surface area (Å²) in [5, 5.41) is 12.2. The van der Waals surface area contributed by atoms with Gasteiger partial charge in [0.2, 0.25) is 0 Å². The van der Waals surface area contributed by atoms with Gasteiger partial charge in [0.25, 0.3) is 0 Å². The van der Waals surface area contributed by atoms with Gasteiger partial charge in [-0.25, -0.2) is 0 Å². The molecule has 1 N–H and O–H groups in total. The number of benzene rings is 2. The fraction of sp³-hybridized carbons (Fsp3) is 0.111. The van der Waals surface area contributed by atoms with Crippen molar-refractivity contribution < 1.29 is 9.47 Å². The smallest absolute Gasteiger partial charge is 0.161 e. The lowest BCUT2D eigenvalue weighted by Gasteiger charge is -2.10. The number of rotatable bonds is 5. The van der Waals surface area contributed by atoms with Crippen LogP contribution in [0.4, 0.5) is 11.5 Å². The molecule has 0 spiro atoms.